The normalized spacial score (nSPS) is 20.4. The largest absolute Gasteiger partial charge is 0.361 e. The number of fused-ring (bicyclic) bond motifs is 2. The first kappa shape index (κ1) is 9.90. The summed E-state index contributed by atoms with van der Waals surface area (Å²) in [7, 11) is 0. The molecule has 1 atom stereocenters. The third-order valence-electron chi connectivity index (χ3n) is 3.00. The van der Waals surface area contributed by atoms with E-state index in [0.717, 1.165) is 21.7 Å². The maximum Gasteiger partial charge on any atom is 0.229 e. The molecule has 0 aromatic heterocycles. The van der Waals surface area contributed by atoms with Gasteiger partial charge in [-0.2, -0.15) is 0 Å². The Morgan fingerprint density at radius 2 is 2.18 bits per heavy atom. The van der Waals surface area contributed by atoms with E-state index in [2.05, 4.69) is 16.7 Å². The Labute approximate surface area is 98.8 Å². The molecular weight excluding hydrogens is 212 g/mol. The van der Waals surface area contributed by atoms with Gasteiger partial charge in [0.1, 0.15) is 0 Å². The Hall–Kier alpha value is -2.29. The molecule has 3 nitrogen and oxygen atoms in total. The molecule has 0 fully saturated rings. The predicted molar refractivity (Wildman–Crippen MR) is 65.9 cm³/mol. The van der Waals surface area contributed by atoms with Gasteiger partial charge in [0.25, 0.3) is 0 Å². The molecule has 0 spiro atoms. The van der Waals surface area contributed by atoms with Crippen molar-refractivity contribution in [3.63, 3.8) is 0 Å². The zero-order chi connectivity index (χ0) is 11.7. The average molecular weight is 223 g/mol. The van der Waals surface area contributed by atoms with E-state index in [-0.39, 0.29) is 6.04 Å². The highest BCUT2D eigenvalue weighted by Gasteiger charge is 2.21. The molecule has 17 heavy (non-hydrogen) atoms. The van der Waals surface area contributed by atoms with Crippen LogP contribution in [0.25, 0.3) is 11.8 Å². The molecule has 3 rings (SSSR count). The predicted octanol–water partition coefficient (Wildman–Crippen LogP) is -0.238. The smallest absolute Gasteiger partial charge is 0.229 e. The van der Waals surface area contributed by atoms with Crippen molar-refractivity contribution in [2.24, 2.45) is 0 Å². The number of benzene rings is 1. The number of amides is 1. The Bertz CT molecular complexity index is 640. The maximum absolute atomic E-state index is 10.6. The minimum absolute atomic E-state index is 0.185. The molecule has 1 radical (unpaired) electrons. The third kappa shape index (κ3) is 1.56. The van der Waals surface area contributed by atoms with Crippen LogP contribution < -0.4 is 21.1 Å². The summed E-state index contributed by atoms with van der Waals surface area (Å²) in [5, 5.41) is 9.47. The molecule has 1 aliphatic carbocycles. The number of hydrogen-bond donors (Lipinski definition) is 1. The van der Waals surface area contributed by atoms with Crippen LogP contribution in [0.15, 0.2) is 48.2 Å². The van der Waals surface area contributed by atoms with E-state index < -0.39 is 0 Å². The van der Waals surface area contributed by atoms with Crippen LogP contribution in [0.1, 0.15) is 0 Å². The van der Waals surface area contributed by atoms with Crippen LogP contribution in [0.5, 0.6) is 0 Å². The summed E-state index contributed by atoms with van der Waals surface area (Å²) in [6.45, 7) is 0. The fourth-order valence-corrected chi connectivity index (χ4v) is 2.25. The second-order valence-electron chi connectivity index (χ2n) is 3.95. The third-order valence-corrected chi connectivity index (χ3v) is 3.00. The summed E-state index contributed by atoms with van der Waals surface area (Å²) in [5.74, 6) is 0. The van der Waals surface area contributed by atoms with E-state index in [1.165, 1.54) is 0 Å². The van der Waals surface area contributed by atoms with Crippen LogP contribution in [0, 0.1) is 0 Å². The van der Waals surface area contributed by atoms with Crippen molar-refractivity contribution in [1.29, 1.82) is 0 Å². The lowest BCUT2D eigenvalue weighted by Crippen LogP contribution is -2.41. The molecule has 3 heteroatoms. The van der Waals surface area contributed by atoms with Crippen LogP contribution in [-0.2, 0) is 4.79 Å². The molecule has 83 valence electrons. The molecule has 0 bridgehead atoms. The molecule has 1 aromatic rings. The van der Waals surface area contributed by atoms with E-state index in [0.29, 0.717) is 6.41 Å². The molecule has 2 aliphatic rings. The first-order chi connectivity index (χ1) is 8.40. The van der Waals surface area contributed by atoms with Gasteiger partial charge in [0.15, 0.2) is 0 Å². The van der Waals surface area contributed by atoms with Crippen LogP contribution in [0.2, 0.25) is 0 Å². The minimum Gasteiger partial charge on any atom is -0.361 e. The maximum atomic E-state index is 10.6. The Kier molecular flexibility index (Phi) is 2.29. The van der Waals surface area contributed by atoms with Gasteiger partial charge in [-0.1, -0.05) is 36.4 Å². The number of nitrogens with zero attached hydrogens (tertiary/aromatic N) is 1. The lowest BCUT2D eigenvalue weighted by molar-refractivity contribution is -0.109. The van der Waals surface area contributed by atoms with Crippen molar-refractivity contribution in [1.82, 2.24) is 10.6 Å². The molecular formula is C14H11N2O. The number of rotatable bonds is 2. The SMILES string of the molecule is O=C[N]C1C=CC=C2NC=c3ccccc3=C21. The fourth-order valence-electron chi connectivity index (χ4n) is 2.25. The molecule has 1 aromatic carbocycles. The molecule has 1 heterocycles. The average Bonchev–Trinajstić information content (AvgIpc) is 2.39. The highest BCUT2D eigenvalue weighted by molar-refractivity contribution is 5.76. The fraction of sp³-hybridized carbons (Fsp3) is 0.0714. The van der Waals surface area contributed by atoms with Crippen molar-refractivity contribution in [3.05, 3.63) is 58.6 Å². The first-order valence-corrected chi connectivity index (χ1v) is 5.48. The lowest BCUT2D eigenvalue weighted by atomic mass is 9.94. The minimum atomic E-state index is -0.185. The van der Waals surface area contributed by atoms with E-state index >= 15 is 0 Å². The van der Waals surface area contributed by atoms with Gasteiger partial charge in [0, 0.05) is 17.5 Å². The standard InChI is InChI=1S/C14H11N2O/c17-9-16-13-7-3-6-12-14(13)11-5-2-1-4-10(11)8-15-12/h1-9,13,15H. The van der Waals surface area contributed by atoms with Gasteiger partial charge in [-0.25, -0.2) is 5.32 Å². The van der Waals surface area contributed by atoms with E-state index in [1.54, 1.807) is 0 Å². The summed E-state index contributed by atoms with van der Waals surface area (Å²) < 4.78 is 0. The van der Waals surface area contributed by atoms with Crippen LogP contribution in [-0.4, -0.2) is 12.5 Å². The zero-order valence-electron chi connectivity index (χ0n) is 9.13. The number of allylic oxidation sites excluding steroid dienone is 2. The molecule has 0 saturated heterocycles. The highest BCUT2D eigenvalue weighted by Crippen LogP contribution is 2.19. The van der Waals surface area contributed by atoms with Crippen molar-refractivity contribution < 1.29 is 4.79 Å². The van der Waals surface area contributed by atoms with Gasteiger partial charge >= 0.3 is 0 Å². The van der Waals surface area contributed by atoms with Crippen molar-refractivity contribution in [2.75, 3.05) is 0 Å². The number of hydrogen-bond acceptors (Lipinski definition) is 2. The first-order valence-electron chi connectivity index (χ1n) is 5.48. The summed E-state index contributed by atoms with van der Waals surface area (Å²) in [6.07, 6.45) is 8.44. The van der Waals surface area contributed by atoms with E-state index in [4.69, 9.17) is 0 Å². The summed E-state index contributed by atoms with van der Waals surface area (Å²) in [4.78, 5) is 10.6. The molecule has 1 unspecified atom stereocenters. The second-order valence-corrected chi connectivity index (χ2v) is 3.95. The molecule has 0 saturated carbocycles. The molecule has 1 aliphatic heterocycles. The van der Waals surface area contributed by atoms with Crippen LogP contribution in [0.3, 0.4) is 0 Å². The number of carbonyl (C=O) groups is 1. The number of nitrogens with one attached hydrogen (secondary N) is 1. The quantitative estimate of drug-likeness (QED) is 0.703. The molecule has 1 N–H and O–H groups in total. The van der Waals surface area contributed by atoms with E-state index in [1.807, 2.05) is 42.6 Å². The topological polar surface area (TPSA) is 43.2 Å². The van der Waals surface area contributed by atoms with Crippen molar-refractivity contribution in [2.45, 2.75) is 6.04 Å². The van der Waals surface area contributed by atoms with Crippen molar-refractivity contribution >= 4 is 18.2 Å². The second kappa shape index (κ2) is 3.94. The van der Waals surface area contributed by atoms with Gasteiger partial charge in [-0.3, -0.25) is 4.79 Å². The van der Waals surface area contributed by atoms with E-state index in [9.17, 15) is 4.79 Å². The molecule has 1 amide bonds. The van der Waals surface area contributed by atoms with Gasteiger partial charge in [0.05, 0.1) is 6.04 Å². The summed E-state index contributed by atoms with van der Waals surface area (Å²) in [5.41, 5.74) is 2.08. The Balaban J connectivity index is 2.29. The van der Waals surface area contributed by atoms with Crippen LogP contribution >= 0.6 is 0 Å². The summed E-state index contributed by atoms with van der Waals surface area (Å²) in [6, 6.07) is 7.91. The lowest BCUT2D eigenvalue weighted by Gasteiger charge is -2.23. The number of carbonyl (C=O) groups excluding carboxylic acids is 1. The van der Waals surface area contributed by atoms with Crippen molar-refractivity contribution in [3.8, 4) is 0 Å². The van der Waals surface area contributed by atoms with Gasteiger partial charge in [-0.15, -0.1) is 0 Å². The van der Waals surface area contributed by atoms with Crippen LogP contribution in [0.4, 0.5) is 0 Å². The zero-order valence-corrected chi connectivity index (χ0v) is 9.13. The van der Waals surface area contributed by atoms with Gasteiger partial charge < -0.3 is 5.32 Å². The monoisotopic (exact) mass is 223 g/mol. The highest BCUT2D eigenvalue weighted by atomic mass is 16.1. The Morgan fingerprint density at radius 3 is 3.06 bits per heavy atom. The van der Waals surface area contributed by atoms with Gasteiger partial charge in [-0.05, 0) is 16.5 Å². The van der Waals surface area contributed by atoms with Gasteiger partial charge in [0.2, 0.25) is 6.41 Å². The summed E-state index contributed by atoms with van der Waals surface area (Å²) >= 11 is 0. The Morgan fingerprint density at radius 1 is 1.29 bits per heavy atom.